The molecular formula is C18H37NO5. The second-order valence-corrected chi connectivity index (χ2v) is 5.55. The summed E-state index contributed by atoms with van der Waals surface area (Å²) in [6, 6.07) is 0. The van der Waals surface area contributed by atoms with Gasteiger partial charge in [0, 0.05) is 18.8 Å². The van der Waals surface area contributed by atoms with E-state index in [1.54, 1.807) is 0 Å². The van der Waals surface area contributed by atoms with Crippen molar-refractivity contribution in [1.29, 1.82) is 0 Å². The van der Waals surface area contributed by atoms with Crippen molar-refractivity contribution in [1.82, 2.24) is 0 Å². The van der Waals surface area contributed by atoms with Gasteiger partial charge >= 0.3 is 0 Å². The Labute approximate surface area is 147 Å². The lowest BCUT2D eigenvalue weighted by Gasteiger charge is -2.22. The van der Waals surface area contributed by atoms with Gasteiger partial charge in [-0.15, -0.1) is 0 Å². The largest absolute Gasteiger partial charge is 0.379 e. The summed E-state index contributed by atoms with van der Waals surface area (Å²) in [6.45, 7) is 8.71. The minimum atomic E-state index is 0.252. The monoisotopic (exact) mass is 347 g/mol. The maximum atomic E-state index is 10.8. The molecule has 6 heteroatoms. The number of nitrogens with two attached hydrogens (primary N) is 1. The topological polar surface area (TPSA) is 87.9 Å². The van der Waals surface area contributed by atoms with Crippen LogP contribution in [0.3, 0.4) is 0 Å². The smallest absolute Gasteiger partial charge is 0.135 e. The van der Waals surface area contributed by atoms with Gasteiger partial charge in [-0.3, -0.25) is 4.79 Å². The SMILES string of the molecule is CC(C)OCCOCCOCCC=O.CCC(=O)C1CCC1.CN. The summed E-state index contributed by atoms with van der Waals surface area (Å²) in [4.78, 5) is 20.7. The molecule has 1 aliphatic rings. The van der Waals surface area contributed by atoms with Gasteiger partial charge in [0.15, 0.2) is 0 Å². The van der Waals surface area contributed by atoms with Crippen LogP contribution in [0.5, 0.6) is 0 Å². The Balaban J connectivity index is 0. The van der Waals surface area contributed by atoms with Gasteiger partial charge in [-0.25, -0.2) is 0 Å². The highest BCUT2D eigenvalue weighted by atomic mass is 16.5. The molecule has 0 atom stereocenters. The van der Waals surface area contributed by atoms with E-state index in [2.05, 4.69) is 5.73 Å². The molecule has 1 fully saturated rings. The van der Waals surface area contributed by atoms with E-state index in [4.69, 9.17) is 14.2 Å². The van der Waals surface area contributed by atoms with Gasteiger partial charge in [0.05, 0.1) is 39.1 Å². The van der Waals surface area contributed by atoms with Gasteiger partial charge in [0.1, 0.15) is 12.1 Å². The summed E-state index contributed by atoms with van der Waals surface area (Å²) in [5, 5.41) is 0. The molecule has 0 unspecified atom stereocenters. The predicted octanol–water partition coefficient (Wildman–Crippen LogP) is 2.37. The number of carbonyl (C=O) groups is 2. The average Bonchev–Trinajstić information content (AvgIpc) is 2.54. The molecule has 0 heterocycles. The third-order valence-corrected chi connectivity index (χ3v) is 3.34. The van der Waals surface area contributed by atoms with E-state index in [0.29, 0.717) is 51.2 Å². The molecule has 0 bridgehead atoms. The fourth-order valence-corrected chi connectivity index (χ4v) is 1.82. The molecule has 0 amide bonds. The predicted molar refractivity (Wildman–Crippen MR) is 96.2 cm³/mol. The molecule has 0 aliphatic heterocycles. The van der Waals surface area contributed by atoms with Gasteiger partial charge < -0.3 is 24.7 Å². The van der Waals surface area contributed by atoms with Gasteiger partial charge in [-0.1, -0.05) is 13.3 Å². The van der Waals surface area contributed by atoms with Crippen LogP contribution in [0.15, 0.2) is 0 Å². The zero-order chi connectivity index (χ0) is 18.6. The Morgan fingerprint density at radius 3 is 2.00 bits per heavy atom. The Bertz CT molecular complexity index is 281. The van der Waals surface area contributed by atoms with Crippen LogP contribution in [-0.4, -0.2) is 58.3 Å². The summed E-state index contributed by atoms with van der Waals surface area (Å²) < 4.78 is 15.6. The number of aldehydes is 1. The summed E-state index contributed by atoms with van der Waals surface area (Å²) in [5.41, 5.74) is 4.50. The number of rotatable bonds is 12. The van der Waals surface area contributed by atoms with Crippen molar-refractivity contribution in [3.8, 4) is 0 Å². The number of ketones is 1. The van der Waals surface area contributed by atoms with E-state index >= 15 is 0 Å². The first-order valence-corrected chi connectivity index (χ1v) is 8.93. The fourth-order valence-electron chi connectivity index (χ4n) is 1.82. The van der Waals surface area contributed by atoms with Crippen LogP contribution < -0.4 is 5.73 Å². The summed E-state index contributed by atoms with van der Waals surface area (Å²) in [6.07, 6.45) is 5.89. The Morgan fingerprint density at radius 2 is 1.62 bits per heavy atom. The van der Waals surface area contributed by atoms with Crippen LogP contribution in [0.25, 0.3) is 0 Å². The van der Waals surface area contributed by atoms with Crippen LogP contribution in [0.2, 0.25) is 0 Å². The van der Waals surface area contributed by atoms with Crippen LogP contribution in [0.4, 0.5) is 0 Å². The first-order chi connectivity index (χ1) is 11.6. The lowest BCUT2D eigenvalue weighted by molar-refractivity contribution is -0.124. The van der Waals surface area contributed by atoms with E-state index < -0.39 is 0 Å². The molecule has 0 aromatic heterocycles. The molecule has 0 radical (unpaired) electrons. The lowest BCUT2D eigenvalue weighted by atomic mass is 9.81. The number of hydrogen-bond donors (Lipinski definition) is 1. The molecule has 144 valence electrons. The minimum absolute atomic E-state index is 0.252. The molecule has 0 spiro atoms. The Morgan fingerprint density at radius 1 is 1.08 bits per heavy atom. The molecular weight excluding hydrogens is 310 g/mol. The maximum Gasteiger partial charge on any atom is 0.135 e. The van der Waals surface area contributed by atoms with Crippen molar-refractivity contribution in [2.75, 3.05) is 40.1 Å². The number of hydrogen-bond acceptors (Lipinski definition) is 6. The van der Waals surface area contributed by atoms with E-state index in [-0.39, 0.29) is 6.10 Å². The zero-order valence-corrected chi connectivity index (χ0v) is 15.9. The first-order valence-electron chi connectivity index (χ1n) is 8.93. The number of carbonyl (C=O) groups excluding carboxylic acids is 2. The van der Waals surface area contributed by atoms with E-state index in [9.17, 15) is 9.59 Å². The highest BCUT2D eigenvalue weighted by molar-refractivity contribution is 5.81. The average molecular weight is 347 g/mol. The molecule has 1 rings (SSSR count). The number of Topliss-reactive ketones (excluding diaryl/α,β-unsaturated/α-hetero) is 1. The molecule has 0 saturated heterocycles. The maximum absolute atomic E-state index is 10.8. The normalized spacial score (nSPS) is 13.2. The van der Waals surface area contributed by atoms with Crippen molar-refractivity contribution < 1.29 is 23.8 Å². The highest BCUT2D eigenvalue weighted by Gasteiger charge is 2.22. The number of ether oxygens (including phenoxy) is 3. The minimum Gasteiger partial charge on any atom is -0.379 e. The van der Waals surface area contributed by atoms with Crippen LogP contribution in [0, 0.1) is 5.92 Å². The zero-order valence-electron chi connectivity index (χ0n) is 15.9. The molecule has 24 heavy (non-hydrogen) atoms. The molecule has 2 N–H and O–H groups in total. The van der Waals surface area contributed by atoms with Crippen molar-refractivity contribution >= 4 is 12.1 Å². The Kier molecular flexibility index (Phi) is 21.4. The molecule has 0 aromatic carbocycles. The van der Waals surface area contributed by atoms with Crippen molar-refractivity contribution in [3.05, 3.63) is 0 Å². The lowest BCUT2D eigenvalue weighted by Crippen LogP contribution is -2.20. The quantitative estimate of drug-likeness (QED) is 0.431. The van der Waals surface area contributed by atoms with Crippen molar-refractivity contribution in [3.63, 3.8) is 0 Å². The van der Waals surface area contributed by atoms with Crippen LogP contribution in [0.1, 0.15) is 52.9 Å². The van der Waals surface area contributed by atoms with Gasteiger partial charge in [-0.2, -0.15) is 0 Å². The second-order valence-electron chi connectivity index (χ2n) is 5.55. The van der Waals surface area contributed by atoms with Crippen LogP contribution in [-0.2, 0) is 23.8 Å². The molecule has 6 nitrogen and oxygen atoms in total. The fraction of sp³-hybridized carbons (Fsp3) is 0.889. The summed E-state index contributed by atoms with van der Waals surface area (Å²) >= 11 is 0. The van der Waals surface area contributed by atoms with Gasteiger partial charge in [0.2, 0.25) is 0 Å². The van der Waals surface area contributed by atoms with Crippen molar-refractivity contribution in [2.24, 2.45) is 11.7 Å². The van der Waals surface area contributed by atoms with Crippen LogP contribution >= 0.6 is 0 Å². The van der Waals surface area contributed by atoms with E-state index in [1.165, 1.54) is 13.5 Å². The summed E-state index contributed by atoms with van der Waals surface area (Å²) in [5.74, 6) is 0.927. The Hall–Kier alpha value is -0.820. The van der Waals surface area contributed by atoms with Gasteiger partial charge in [0.25, 0.3) is 0 Å². The third-order valence-electron chi connectivity index (χ3n) is 3.34. The molecule has 1 aliphatic carbocycles. The first kappa shape index (κ1) is 25.4. The highest BCUT2D eigenvalue weighted by Crippen LogP contribution is 2.27. The van der Waals surface area contributed by atoms with Gasteiger partial charge in [-0.05, 0) is 33.7 Å². The van der Waals surface area contributed by atoms with E-state index in [1.807, 2.05) is 20.8 Å². The van der Waals surface area contributed by atoms with Crippen molar-refractivity contribution in [2.45, 2.75) is 59.0 Å². The molecule has 1 saturated carbocycles. The van der Waals surface area contributed by atoms with E-state index in [0.717, 1.165) is 25.5 Å². The third kappa shape index (κ3) is 17.5. The second kappa shape index (κ2) is 20.2. The molecule has 0 aromatic rings. The standard InChI is InChI=1S/C10H20O4.C7H12O.CH5N/c1-10(2)14-9-8-13-7-6-12-5-3-4-11;1-2-7(8)6-4-3-5-6;1-2/h4,10H,3,5-9H2,1-2H3;6H,2-5H2,1H3;2H2,1H3. The summed E-state index contributed by atoms with van der Waals surface area (Å²) in [7, 11) is 1.50.